The van der Waals surface area contributed by atoms with Crippen LogP contribution in [0.4, 0.5) is 0 Å². The van der Waals surface area contributed by atoms with E-state index in [0.717, 1.165) is 32.4 Å². The SMILES string of the molecule is CNCC1CCCN(S(=O)(=O)NCCCn2ccnc2)C1. The Morgan fingerprint density at radius 1 is 1.43 bits per heavy atom. The number of piperidine rings is 1. The van der Waals surface area contributed by atoms with Crippen molar-refractivity contribution in [1.82, 2.24) is 23.9 Å². The molecule has 1 unspecified atom stereocenters. The van der Waals surface area contributed by atoms with Crippen molar-refractivity contribution in [2.45, 2.75) is 25.8 Å². The van der Waals surface area contributed by atoms with Gasteiger partial charge in [-0.2, -0.15) is 12.7 Å². The fourth-order valence-electron chi connectivity index (χ4n) is 2.67. The minimum Gasteiger partial charge on any atom is -0.337 e. The monoisotopic (exact) mass is 315 g/mol. The highest BCUT2D eigenvalue weighted by Gasteiger charge is 2.27. The summed E-state index contributed by atoms with van der Waals surface area (Å²) in [5.41, 5.74) is 0. The smallest absolute Gasteiger partial charge is 0.279 e. The highest BCUT2D eigenvalue weighted by atomic mass is 32.2. The largest absolute Gasteiger partial charge is 0.337 e. The lowest BCUT2D eigenvalue weighted by Gasteiger charge is -2.31. The van der Waals surface area contributed by atoms with Crippen molar-refractivity contribution >= 4 is 10.2 Å². The van der Waals surface area contributed by atoms with Crippen molar-refractivity contribution in [2.75, 3.05) is 33.2 Å². The van der Waals surface area contributed by atoms with E-state index in [4.69, 9.17) is 0 Å². The van der Waals surface area contributed by atoms with E-state index in [1.165, 1.54) is 0 Å². The number of imidazole rings is 1. The minimum atomic E-state index is -3.34. The van der Waals surface area contributed by atoms with Crippen LogP contribution < -0.4 is 10.0 Å². The van der Waals surface area contributed by atoms with Gasteiger partial charge >= 0.3 is 0 Å². The number of aromatic nitrogens is 2. The molecule has 2 rings (SSSR count). The molecule has 1 aliphatic rings. The van der Waals surface area contributed by atoms with Gasteiger partial charge in [-0.15, -0.1) is 0 Å². The Hall–Kier alpha value is -0.960. The summed E-state index contributed by atoms with van der Waals surface area (Å²) >= 11 is 0. The lowest BCUT2D eigenvalue weighted by Crippen LogP contribution is -2.47. The van der Waals surface area contributed by atoms with Gasteiger partial charge in [-0.1, -0.05) is 0 Å². The first-order valence-corrected chi connectivity index (χ1v) is 8.91. The predicted octanol–water partition coefficient (Wildman–Crippen LogP) is 0.0390. The number of hydrogen-bond acceptors (Lipinski definition) is 4. The lowest BCUT2D eigenvalue weighted by molar-refractivity contribution is 0.261. The van der Waals surface area contributed by atoms with E-state index in [0.29, 0.717) is 25.6 Å². The molecule has 0 amide bonds. The highest BCUT2D eigenvalue weighted by molar-refractivity contribution is 7.87. The summed E-state index contributed by atoms with van der Waals surface area (Å²) in [5, 5.41) is 3.13. The van der Waals surface area contributed by atoms with Crippen LogP contribution in [0.5, 0.6) is 0 Å². The van der Waals surface area contributed by atoms with E-state index >= 15 is 0 Å². The second-order valence-corrected chi connectivity index (χ2v) is 7.23. The average molecular weight is 315 g/mol. The topological polar surface area (TPSA) is 79.3 Å². The van der Waals surface area contributed by atoms with Crippen LogP contribution in [0.15, 0.2) is 18.7 Å². The molecule has 2 N–H and O–H groups in total. The normalized spacial score (nSPS) is 20.7. The third-order valence-corrected chi connectivity index (χ3v) is 5.33. The number of nitrogens with one attached hydrogen (secondary N) is 2. The first kappa shape index (κ1) is 16.4. The van der Waals surface area contributed by atoms with E-state index in [2.05, 4.69) is 15.0 Å². The van der Waals surface area contributed by atoms with Crippen LogP contribution >= 0.6 is 0 Å². The highest BCUT2D eigenvalue weighted by Crippen LogP contribution is 2.17. The van der Waals surface area contributed by atoms with Gasteiger partial charge in [0.05, 0.1) is 6.33 Å². The van der Waals surface area contributed by atoms with E-state index in [1.54, 1.807) is 16.8 Å². The fourth-order valence-corrected chi connectivity index (χ4v) is 4.03. The minimum absolute atomic E-state index is 0.409. The summed E-state index contributed by atoms with van der Waals surface area (Å²) in [4.78, 5) is 3.96. The molecule has 1 saturated heterocycles. The summed E-state index contributed by atoms with van der Waals surface area (Å²) in [5.74, 6) is 0.409. The molecule has 1 aliphatic heterocycles. The first-order valence-electron chi connectivity index (χ1n) is 7.47. The molecule has 0 radical (unpaired) electrons. The fraction of sp³-hybridized carbons (Fsp3) is 0.769. The van der Waals surface area contributed by atoms with Crippen LogP contribution in [0, 0.1) is 5.92 Å². The van der Waals surface area contributed by atoms with Crippen molar-refractivity contribution in [3.63, 3.8) is 0 Å². The maximum absolute atomic E-state index is 12.3. The molecule has 21 heavy (non-hydrogen) atoms. The summed E-state index contributed by atoms with van der Waals surface area (Å²) in [6, 6.07) is 0. The molecular formula is C13H25N5O2S. The molecule has 7 nitrogen and oxygen atoms in total. The van der Waals surface area contributed by atoms with Gasteiger partial charge in [0.1, 0.15) is 0 Å². The molecule has 1 atom stereocenters. The molecule has 1 fully saturated rings. The Labute approximate surface area is 126 Å². The van der Waals surface area contributed by atoms with Crippen LogP contribution in [-0.2, 0) is 16.8 Å². The van der Waals surface area contributed by atoms with Crippen molar-refractivity contribution in [1.29, 1.82) is 0 Å². The second-order valence-electron chi connectivity index (χ2n) is 5.48. The molecule has 2 heterocycles. The molecule has 0 aliphatic carbocycles. The number of rotatable bonds is 8. The summed E-state index contributed by atoms with van der Waals surface area (Å²) in [6.07, 6.45) is 8.11. The van der Waals surface area contributed by atoms with Crippen LogP contribution in [0.1, 0.15) is 19.3 Å². The lowest BCUT2D eigenvalue weighted by atomic mass is 10.00. The number of hydrogen-bond donors (Lipinski definition) is 2. The molecule has 1 aromatic rings. The quantitative estimate of drug-likeness (QED) is 0.664. The van der Waals surface area contributed by atoms with E-state index in [1.807, 2.05) is 17.8 Å². The Morgan fingerprint density at radius 3 is 3.00 bits per heavy atom. The van der Waals surface area contributed by atoms with E-state index in [-0.39, 0.29) is 0 Å². The summed E-state index contributed by atoms with van der Waals surface area (Å²) < 4.78 is 30.8. The molecule has 0 aromatic carbocycles. The molecule has 8 heteroatoms. The summed E-state index contributed by atoms with van der Waals surface area (Å²) in [7, 11) is -1.44. The molecule has 1 aromatic heterocycles. The van der Waals surface area contributed by atoms with Gasteiger partial charge in [-0.05, 0) is 38.8 Å². The van der Waals surface area contributed by atoms with Crippen LogP contribution in [0.2, 0.25) is 0 Å². The van der Waals surface area contributed by atoms with Crippen LogP contribution in [0.3, 0.4) is 0 Å². The van der Waals surface area contributed by atoms with Gasteiger partial charge in [0.25, 0.3) is 10.2 Å². The zero-order valence-electron chi connectivity index (χ0n) is 12.5. The maximum Gasteiger partial charge on any atom is 0.279 e. The molecule has 0 saturated carbocycles. The summed E-state index contributed by atoms with van der Waals surface area (Å²) in [6.45, 7) is 3.32. The van der Waals surface area contributed by atoms with Crippen LogP contribution in [0.25, 0.3) is 0 Å². The van der Waals surface area contributed by atoms with Crippen molar-refractivity contribution in [3.05, 3.63) is 18.7 Å². The molecule has 120 valence electrons. The third-order valence-electron chi connectivity index (χ3n) is 3.75. The van der Waals surface area contributed by atoms with Gasteiger partial charge in [0.15, 0.2) is 0 Å². The molecule has 0 spiro atoms. The zero-order valence-corrected chi connectivity index (χ0v) is 13.3. The average Bonchev–Trinajstić information content (AvgIpc) is 2.98. The van der Waals surface area contributed by atoms with Gasteiger partial charge in [-0.25, -0.2) is 9.71 Å². The number of aryl methyl sites for hydroxylation is 1. The van der Waals surface area contributed by atoms with E-state index < -0.39 is 10.2 Å². The van der Waals surface area contributed by atoms with Gasteiger partial charge in [0, 0.05) is 38.6 Å². The van der Waals surface area contributed by atoms with Gasteiger partial charge < -0.3 is 9.88 Å². The number of nitrogens with zero attached hydrogens (tertiary/aromatic N) is 3. The zero-order chi connectivity index (χ0) is 15.1. The standard InChI is InChI=1S/C13H25N5O2S/c1-14-10-13-4-2-8-18(11-13)21(19,20)16-5-3-7-17-9-6-15-12-17/h6,9,12-14,16H,2-5,7-8,10-11H2,1H3. The van der Waals surface area contributed by atoms with Crippen LogP contribution in [-0.4, -0.2) is 55.5 Å². The molecular weight excluding hydrogens is 290 g/mol. The van der Waals surface area contributed by atoms with E-state index in [9.17, 15) is 8.42 Å². The Balaban J connectivity index is 1.75. The van der Waals surface area contributed by atoms with Gasteiger partial charge in [-0.3, -0.25) is 0 Å². The van der Waals surface area contributed by atoms with Crippen molar-refractivity contribution in [3.8, 4) is 0 Å². The Morgan fingerprint density at radius 2 is 2.29 bits per heavy atom. The maximum atomic E-state index is 12.3. The van der Waals surface area contributed by atoms with Gasteiger partial charge in [0.2, 0.25) is 0 Å². The van der Waals surface area contributed by atoms with Crippen molar-refractivity contribution in [2.24, 2.45) is 5.92 Å². The Kier molecular flexibility index (Phi) is 6.16. The molecule has 0 bridgehead atoms. The second kappa shape index (κ2) is 7.88. The first-order chi connectivity index (χ1) is 10.1. The third kappa shape index (κ3) is 5.06. The Bertz CT molecular complexity index is 501. The predicted molar refractivity (Wildman–Crippen MR) is 82.0 cm³/mol. The van der Waals surface area contributed by atoms with Crippen molar-refractivity contribution < 1.29 is 8.42 Å².